The third-order valence-electron chi connectivity index (χ3n) is 10.6. The van der Waals surface area contributed by atoms with Crippen molar-refractivity contribution in [1.29, 1.82) is 0 Å². The molecule has 1 atom stereocenters. The van der Waals surface area contributed by atoms with Crippen molar-refractivity contribution in [2.24, 2.45) is 0 Å². The maximum absolute atomic E-state index is 12.2. The molecular weight excluding hydrogens is 689 g/mol. The van der Waals surface area contributed by atoms with Gasteiger partial charge >= 0.3 is 5.97 Å². The van der Waals surface area contributed by atoms with E-state index in [1.165, 1.54) is 154 Å². The van der Waals surface area contributed by atoms with Gasteiger partial charge in [-0.15, -0.1) is 0 Å². The summed E-state index contributed by atoms with van der Waals surface area (Å²) in [5.41, 5.74) is 0. The van der Waals surface area contributed by atoms with Crippen LogP contribution < -0.4 is 0 Å². The van der Waals surface area contributed by atoms with Crippen molar-refractivity contribution >= 4 is 5.97 Å². The van der Waals surface area contributed by atoms with Crippen LogP contribution in [0.4, 0.5) is 0 Å². The first kappa shape index (κ1) is 54.1. The zero-order valence-electron chi connectivity index (χ0n) is 37.4. The molecule has 0 aromatic carbocycles. The maximum Gasteiger partial charge on any atom is 0.306 e. The van der Waals surface area contributed by atoms with Gasteiger partial charge in [-0.05, 0) is 57.8 Å². The number of rotatable bonds is 45. The molecule has 0 fully saturated rings. The second-order valence-corrected chi connectivity index (χ2v) is 16.2. The lowest BCUT2D eigenvalue weighted by Gasteiger charge is -2.15. The van der Waals surface area contributed by atoms with E-state index in [4.69, 9.17) is 9.47 Å². The third-order valence-corrected chi connectivity index (χ3v) is 10.6. The molecule has 0 aliphatic heterocycles. The van der Waals surface area contributed by atoms with E-state index in [0.717, 1.165) is 64.2 Å². The van der Waals surface area contributed by atoms with Gasteiger partial charge in [-0.25, -0.2) is 0 Å². The first-order chi connectivity index (χ1) is 27.7. The SMILES string of the molecule is CC/C=C\C/C=C\C/C=C\C/C=C\C/C=C\CCCCCCCC(=O)OC(CO)COCCCCCCCCCCCCCCCCCCCCCCCCC. The molecule has 4 nitrogen and oxygen atoms in total. The van der Waals surface area contributed by atoms with Crippen LogP contribution in [0.15, 0.2) is 60.8 Å². The molecule has 0 bridgehead atoms. The van der Waals surface area contributed by atoms with Crippen molar-refractivity contribution in [2.45, 2.75) is 245 Å². The Morgan fingerprint density at radius 2 is 0.804 bits per heavy atom. The highest BCUT2D eigenvalue weighted by molar-refractivity contribution is 5.69. The van der Waals surface area contributed by atoms with Crippen molar-refractivity contribution in [3.8, 4) is 0 Å². The second kappa shape index (κ2) is 49.2. The van der Waals surface area contributed by atoms with Crippen molar-refractivity contribution in [2.75, 3.05) is 19.8 Å². The van der Waals surface area contributed by atoms with Crippen LogP contribution in [0.2, 0.25) is 0 Å². The summed E-state index contributed by atoms with van der Waals surface area (Å²) in [5.74, 6) is -0.217. The number of esters is 1. The van der Waals surface area contributed by atoms with Crippen LogP contribution in [0, 0.1) is 0 Å². The standard InChI is InChI=1S/C52H94O4/c1-3-5-7-9-11-13-15-17-19-21-23-25-26-28-30-32-34-36-38-40-42-44-46-48-55-50-51(49-53)56-52(54)47-45-43-41-39-37-35-33-31-29-27-24-22-20-18-16-14-12-10-8-6-4-2/h6,8,12,14,18,20,24,27,31,33,51,53H,3-5,7,9-11,13,15-17,19,21-23,25-26,28-30,32,34-50H2,1-2H3/b8-6-,14-12-,20-18-,27-24-,33-31-. The van der Waals surface area contributed by atoms with Gasteiger partial charge < -0.3 is 14.6 Å². The fourth-order valence-corrected chi connectivity index (χ4v) is 7.00. The highest BCUT2D eigenvalue weighted by Crippen LogP contribution is 2.16. The van der Waals surface area contributed by atoms with Gasteiger partial charge in [-0.2, -0.15) is 0 Å². The fourth-order valence-electron chi connectivity index (χ4n) is 7.00. The summed E-state index contributed by atoms with van der Waals surface area (Å²) in [6.45, 7) is 5.24. The predicted molar refractivity (Wildman–Crippen MR) is 246 cm³/mol. The minimum absolute atomic E-state index is 0.180. The first-order valence-corrected chi connectivity index (χ1v) is 24.4. The number of carbonyl (C=O) groups excluding carboxylic acids is 1. The van der Waals surface area contributed by atoms with Crippen molar-refractivity contribution in [3.63, 3.8) is 0 Å². The molecule has 0 heterocycles. The van der Waals surface area contributed by atoms with Gasteiger partial charge in [0.05, 0.1) is 13.2 Å². The summed E-state index contributed by atoms with van der Waals surface area (Å²) in [4.78, 5) is 12.2. The largest absolute Gasteiger partial charge is 0.457 e. The Hall–Kier alpha value is -1.91. The lowest BCUT2D eigenvalue weighted by atomic mass is 10.0. The number of ether oxygens (including phenoxy) is 2. The molecule has 0 aromatic heterocycles. The van der Waals surface area contributed by atoms with Gasteiger partial charge in [0, 0.05) is 13.0 Å². The molecule has 0 radical (unpaired) electrons. The second-order valence-electron chi connectivity index (χ2n) is 16.2. The average molecular weight is 783 g/mol. The highest BCUT2D eigenvalue weighted by atomic mass is 16.6. The quantitative estimate of drug-likeness (QED) is 0.0380. The Balaban J connectivity index is 3.44. The van der Waals surface area contributed by atoms with Gasteiger partial charge in [0.25, 0.3) is 0 Å². The van der Waals surface area contributed by atoms with Gasteiger partial charge in [0.15, 0.2) is 0 Å². The van der Waals surface area contributed by atoms with Crippen LogP contribution in [-0.4, -0.2) is 37.0 Å². The highest BCUT2D eigenvalue weighted by Gasteiger charge is 2.13. The van der Waals surface area contributed by atoms with Crippen LogP contribution in [0.5, 0.6) is 0 Å². The molecule has 326 valence electrons. The van der Waals surface area contributed by atoms with E-state index in [2.05, 4.69) is 74.6 Å². The summed E-state index contributed by atoms with van der Waals surface area (Å²) < 4.78 is 11.2. The minimum Gasteiger partial charge on any atom is -0.457 e. The Kier molecular flexibility index (Phi) is 47.6. The van der Waals surface area contributed by atoms with Crippen molar-refractivity contribution < 1.29 is 19.4 Å². The van der Waals surface area contributed by atoms with Gasteiger partial charge in [0.2, 0.25) is 0 Å². The van der Waals surface area contributed by atoms with Crippen LogP contribution in [-0.2, 0) is 14.3 Å². The van der Waals surface area contributed by atoms with Crippen LogP contribution in [0.25, 0.3) is 0 Å². The number of hydrogen-bond acceptors (Lipinski definition) is 4. The fraction of sp³-hybridized carbons (Fsp3) is 0.788. The summed E-state index contributed by atoms with van der Waals surface area (Å²) in [7, 11) is 0. The average Bonchev–Trinajstić information content (AvgIpc) is 3.20. The van der Waals surface area contributed by atoms with E-state index >= 15 is 0 Å². The molecule has 4 heteroatoms. The third kappa shape index (κ3) is 46.5. The van der Waals surface area contributed by atoms with E-state index in [1.807, 2.05) is 0 Å². The molecule has 0 saturated carbocycles. The first-order valence-electron chi connectivity index (χ1n) is 24.4. The Morgan fingerprint density at radius 1 is 0.446 bits per heavy atom. The van der Waals surface area contributed by atoms with E-state index < -0.39 is 6.10 Å². The van der Waals surface area contributed by atoms with Crippen molar-refractivity contribution in [1.82, 2.24) is 0 Å². The minimum atomic E-state index is -0.546. The number of aliphatic hydroxyl groups is 1. The van der Waals surface area contributed by atoms with Crippen LogP contribution in [0.1, 0.15) is 239 Å². The number of aliphatic hydroxyl groups excluding tert-OH is 1. The molecule has 56 heavy (non-hydrogen) atoms. The molecule has 0 spiro atoms. The van der Waals surface area contributed by atoms with E-state index in [0.29, 0.717) is 13.0 Å². The molecule has 0 rings (SSSR count). The smallest absolute Gasteiger partial charge is 0.306 e. The van der Waals surface area contributed by atoms with Gasteiger partial charge in [0.1, 0.15) is 6.10 Å². The normalized spacial score (nSPS) is 12.8. The van der Waals surface area contributed by atoms with E-state index in [1.54, 1.807) is 0 Å². The van der Waals surface area contributed by atoms with Crippen molar-refractivity contribution in [3.05, 3.63) is 60.8 Å². The summed E-state index contributed by atoms with van der Waals surface area (Å²) in [6.07, 6.45) is 65.9. The number of hydrogen-bond donors (Lipinski definition) is 1. The maximum atomic E-state index is 12.2. The molecule has 1 N–H and O–H groups in total. The molecule has 0 amide bonds. The van der Waals surface area contributed by atoms with Crippen LogP contribution in [0.3, 0.4) is 0 Å². The Bertz CT molecular complexity index is 916. The molecule has 0 aromatic rings. The predicted octanol–water partition coefficient (Wildman–Crippen LogP) is 16.4. The molecule has 0 saturated heterocycles. The lowest BCUT2D eigenvalue weighted by molar-refractivity contribution is -0.154. The number of unbranched alkanes of at least 4 members (excludes halogenated alkanes) is 27. The number of allylic oxidation sites excluding steroid dienone is 10. The lowest BCUT2D eigenvalue weighted by Crippen LogP contribution is -2.27. The van der Waals surface area contributed by atoms with Gasteiger partial charge in [-0.1, -0.05) is 235 Å². The topological polar surface area (TPSA) is 55.8 Å². The summed E-state index contributed by atoms with van der Waals surface area (Å²) in [6, 6.07) is 0. The molecule has 1 unspecified atom stereocenters. The zero-order valence-corrected chi connectivity index (χ0v) is 37.4. The van der Waals surface area contributed by atoms with E-state index in [9.17, 15) is 9.90 Å². The Labute approximate surface area is 349 Å². The monoisotopic (exact) mass is 783 g/mol. The van der Waals surface area contributed by atoms with Gasteiger partial charge in [-0.3, -0.25) is 4.79 Å². The summed E-state index contributed by atoms with van der Waals surface area (Å²) in [5, 5.41) is 9.64. The molecule has 0 aliphatic rings. The number of carbonyl (C=O) groups is 1. The Morgan fingerprint density at radius 3 is 1.21 bits per heavy atom. The zero-order chi connectivity index (χ0) is 40.5. The summed E-state index contributed by atoms with van der Waals surface area (Å²) >= 11 is 0. The van der Waals surface area contributed by atoms with E-state index in [-0.39, 0.29) is 19.2 Å². The molecule has 0 aliphatic carbocycles. The van der Waals surface area contributed by atoms with Crippen LogP contribution >= 0.6 is 0 Å². The molecular formula is C52H94O4.